The maximum Gasteiger partial charge on any atom is 0.150 e. The Hall–Kier alpha value is -1.74. The third-order valence-corrected chi connectivity index (χ3v) is 2.39. The number of aromatic amines is 1. The van der Waals surface area contributed by atoms with Crippen LogP contribution in [0.3, 0.4) is 0 Å². The van der Waals surface area contributed by atoms with Gasteiger partial charge in [0.05, 0.1) is 11.8 Å². The van der Waals surface area contributed by atoms with Crippen molar-refractivity contribution < 1.29 is 4.74 Å². The topological polar surface area (TPSA) is 51.0 Å². The fraction of sp³-hybridized carbons (Fsp3) is 0.167. The third-order valence-electron chi connectivity index (χ3n) is 2.39. The molecule has 0 spiro atoms. The van der Waals surface area contributed by atoms with Crippen LogP contribution in [0.15, 0.2) is 37.2 Å². The molecule has 0 saturated heterocycles. The second-order valence-corrected chi connectivity index (χ2v) is 3.32. The molecule has 1 heterocycles. The van der Waals surface area contributed by atoms with E-state index in [0.29, 0.717) is 6.54 Å². The SMILES string of the molecule is C=COc1cccc2c(CCN)c[nH]c12. The third kappa shape index (κ3) is 1.74. The van der Waals surface area contributed by atoms with Crippen LogP contribution in [0.5, 0.6) is 5.75 Å². The molecule has 0 aliphatic carbocycles. The van der Waals surface area contributed by atoms with Crippen molar-refractivity contribution in [1.29, 1.82) is 0 Å². The molecule has 0 atom stereocenters. The number of ether oxygens (including phenoxy) is 1. The Morgan fingerprint density at radius 2 is 2.33 bits per heavy atom. The second-order valence-electron chi connectivity index (χ2n) is 3.32. The summed E-state index contributed by atoms with van der Waals surface area (Å²) in [4.78, 5) is 3.20. The highest BCUT2D eigenvalue weighted by Gasteiger charge is 2.06. The van der Waals surface area contributed by atoms with Crippen molar-refractivity contribution in [2.24, 2.45) is 5.73 Å². The van der Waals surface area contributed by atoms with Gasteiger partial charge < -0.3 is 15.5 Å². The van der Waals surface area contributed by atoms with Gasteiger partial charge in [0.2, 0.25) is 0 Å². The molecule has 3 nitrogen and oxygen atoms in total. The van der Waals surface area contributed by atoms with E-state index in [2.05, 4.69) is 17.6 Å². The Balaban J connectivity index is 2.52. The second kappa shape index (κ2) is 4.19. The summed E-state index contributed by atoms with van der Waals surface area (Å²) in [5.41, 5.74) is 7.77. The lowest BCUT2D eigenvalue weighted by atomic mass is 10.1. The number of benzene rings is 1. The van der Waals surface area contributed by atoms with Gasteiger partial charge in [-0.15, -0.1) is 0 Å². The molecule has 2 rings (SSSR count). The highest BCUT2D eigenvalue weighted by atomic mass is 16.5. The van der Waals surface area contributed by atoms with E-state index in [4.69, 9.17) is 10.5 Å². The Morgan fingerprint density at radius 1 is 1.47 bits per heavy atom. The highest BCUT2D eigenvalue weighted by Crippen LogP contribution is 2.27. The molecule has 1 aromatic heterocycles. The Kier molecular flexibility index (Phi) is 2.74. The lowest BCUT2D eigenvalue weighted by Gasteiger charge is -2.01. The van der Waals surface area contributed by atoms with E-state index >= 15 is 0 Å². The minimum atomic E-state index is 0.652. The standard InChI is InChI=1S/C12H14N2O/c1-2-15-11-5-3-4-10-9(6-7-13)8-14-12(10)11/h2-5,8,14H,1,6-7,13H2. The van der Waals surface area contributed by atoms with E-state index in [-0.39, 0.29) is 0 Å². The molecule has 1 aromatic carbocycles. The van der Waals surface area contributed by atoms with Crippen LogP contribution in [0.4, 0.5) is 0 Å². The quantitative estimate of drug-likeness (QED) is 0.747. The average Bonchev–Trinajstić information content (AvgIpc) is 2.64. The number of para-hydroxylation sites is 1. The summed E-state index contributed by atoms with van der Waals surface area (Å²) < 4.78 is 5.31. The predicted molar refractivity (Wildman–Crippen MR) is 61.9 cm³/mol. The highest BCUT2D eigenvalue weighted by molar-refractivity contribution is 5.88. The lowest BCUT2D eigenvalue weighted by Crippen LogP contribution is -2.01. The zero-order chi connectivity index (χ0) is 10.7. The number of fused-ring (bicyclic) bond motifs is 1. The van der Waals surface area contributed by atoms with E-state index in [1.807, 2.05) is 18.3 Å². The molecule has 0 aliphatic heterocycles. The van der Waals surface area contributed by atoms with Crippen molar-refractivity contribution in [3.63, 3.8) is 0 Å². The molecular formula is C12H14N2O. The number of aromatic nitrogens is 1. The molecule has 0 radical (unpaired) electrons. The zero-order valence-electron chi connectivity index (χ0n) is 8.49. The van der Waals surface area contributed by atoms with Crippen LogP contribution in [-0.2, 0) is 6.42 Å². The summed E-state index contributed by atoms with van der Waals surface area (Å²) in [6.07, 6.45) is 4.28. The molecule has 3 heteroatoms. The summed E-state index contributed by atoms with van der Waals surface area (Å²) >= 11 is 0. The van der Waals surface area contributed by atoms with Gasteiger partial charge in [-0.25, -0.2) is 0 Å². The first-order valence-corrected chi connectivity index (χ1v) is 4.93. The summed E-state index contributed by atoms with van der Waals surface area (Å²) in [6, 6.07) is 5.94. The number of hydrogen-bond donors (Lipinski definition) is 2. The van der Waals surface area contributed by atoms with Crippen molar-refractivity contribution in [1.82, 2.24) is 4.98 Å². The van der Waals surface area contributed by atoms with Crippen molar-refractivity contribution in [2.45, 2.75) is 6.42 Å². The predicted octanol–water partition coefficient (Wildman–Crippen LogP) is 2.19. The van der Waals surface area contributed by atoms with Gasteiger partial charge in [0.15, 0.2) is 5.75 Å². The van der Waals surface area contributed by atoms with Crippen molar-refractivity contribution in [3.05, 3.63) is 42.8 Å². The van der Waals surface area contributed by atoms with Crippen molar-refractivity contribution >= 4 is 10.9 Å². The van der Waals surface area contributed by atoms with Gasteiger partial charge in [-0.05, 0) is 24.6 Å². The molecule has 0 amide bonds. The Labute approximate surface area is 88.5 Å². The number of H-pyrrole nitrogens is 1. The van der Waals surface area contributed by atoms with E-state index in [1.165, 1.54) is 17.2 Å². The number of nitrogens with one attached hydrogen (secondary N) is 1. The van der Waals surface area contributed by atoms with E-state index in [0.717, 1.165) is 17.7 Å². The molecule has 15 heavy (non-hydrogen) atoms. The molecular weight excluding hydrogens is 188 g/mol. The molecule has 0 unspecified atom stereocenters. The first-order valence-electron chi connectivity index (χ1n) is 4.93. The maximum atomic E-state index is 5.55. The fourth-order valence-electron chi connectivity index (χ4n) is 1.73. The normalized spacial score (nSPS) is 10.5. The summed E-state index contributed by atoms with van der Waals surface area (Å²) in [6.45, 7) is 4.20. The Bertz CT molecular complexity index is 473. The van der Waals surface area contributed by atoms with Gasteiger partial charge in [-0.1, -0.05) is 18.7 Å². The first-order chi connectivity index (χ1) is 7.36. The van der Waals surface area contributed by atoms with E-state index in [1.54, 1.807) is 0 Å². The van der Waals surface area contributed by atoms with E-state index in [9.17, 15) is 0 Å². The van der Waals surface area contributed by atoms with Gasteiger partial charge in [-0.2, -0.15) is 0 Å². The smallest absolute Gasteiger partial charge is 0.150 e. The molecule has 78 valence electrons. The number of rotatable bonds is 4. The maximum absolute atomic E-state index is 5.55. The minimum Gasteiger partial charge on any atom is -0.463 e. The van der Waals surface area contributed by atoms with Gasteiger partial charge in [0.1, 0.15) is 0 Å². The van der Waals surface area contributed by atoms with Gasteiger partial charge in [0, 0.05) is 11.6 Å². The van der Waals surface area contributed by atoms with Crippen LogP contribution < -0.4 is 10.5 Å². The summed E-state index contributed by atoms with van der Waals surface area (Å²) in [7, 11) is 0. The summed E-state index contributed by atoms with van der Waals surface area (Å²) in [5, 5.41) is 1.17. The van der Waals surface area contributed by atoms with Gasteiger partial charge >= 0.3 is 0 Å². The number of hydrogen-bond acceptors (Lipinski definition) is 2. The van der Waals surface area contributed by atoms with Gasteiger partial charge in [0.25, 0.3) is 0 Å². The molecule has 0 aliphatic rings. The lowest BCUT2D eigenvalue weighted by molar-refractivity contribution is 0.488. The minimum absolute atomic E-state index is 0.652. The zero-order valence-corrected chi connectivity index (χ0v) is 8.49. The number of nitrogens with two attached hydrogens (primary N) is 1. The Morgan fingerprint density at radius 3 is 3.07 bits per heavy atom. The van der Waals surface area contributed by atoms with Gasteiger partial charge in [-0.3, -0.25) is 0 Å². The van der Waals surface area contributed by atoms with Crippen LogP contribution in [0.25, 0.3) is 10.9 Å². The summed E-state index contributed by atoms with van der Waals surface area (Å²) in [5.74, 6) is 0.797. The molecule has 0 fully saturated rings. The monoisotopic (exact) mass is 202 g/mol. The fourth-order valence-corrected chi connectivity index (χ4v) is 1.73. The van der Waals surface area contributed by atoms with Crippen LogP contribution in [-0.4, -0.2) is 11.5 Å². The molecule has 0 bridgehead atoms. The largest absolute Gasteiger partial charge is 0.463 e. The van der Waals surface area contributed by atoms with Crippen LogP contribution in [0.1, 0.15) is 5.56 Å². The van der Waals surface area contributed by atoms with E-state index < -0.39 is 0 Å². The first kappa shape index (κ1) is 9.80. The van der Waals surface area contributed by atoms with Crippen LogP contribution >= 0.6 is 0 Å². The van der Waals surface area contributed by atoms with Crippen molar-refractivity contribution in [3.8, 4) is 5.75 Å². The van der Waals surface area contributed by atoms with Crippen LogP contribution in [0.2, 0.25) is 0 Å². The van der Waals surface area contributed by atoms with Crippen molar-refractivity contribution in [2.75, 3.05) is 6.54 Å². The molecule has 2 aromatic rings. The van der Waals surface area contributed by atoms with Crippen LogP contribution in [0, 0.1) is 0 Å². The average molecular weight is 202 g/mol. The molecule has 3 N–H and O–H groups in total. The molecule has 0 saturated carbocycles.